The number of aromatic nitrogens is 2. The second-order valence-corrected chi connectivity index (χ2v) is 7.51. The molecule has 0 aromatic carbocycles. The molecule has 5 nitrogen and oxygen atoms in total. The van der Waals surface area contributed by atoms with Gasteiger partial charge in [-0.15, -0.1) is 0 Å². The monoisotopic (exact) mass is 312 g/mol. The molecular weight excluding hydrogens is 288 g/mol. The van der Waals surface area contributed by atoms with Gasteiger partial charge in [0.25, 0.3) is 0 Å². The van der Waals surface area contributed by atoms with Gasteiger partial charge >= 0.3 is 5.97 Å². The molecule has 1 N–H and O–H groups in total. The van der Waals surface area contributed by atoms with Crippen LogP contribution >= 0.6 is 0 Å². The van der Waals surface area contributed by atoms with Crippen LogP contribution in [0.25, 0.3) is 0 Å². The SMILES string of the molecule is CCC(CC)n1ccc(CS(=O)CC2(CC(=O)O)CC2)n1. The average molecular weight is 312 g/mol. The fraction of sp³-hybridized carbons (Fsp3) is 0.733. The van der Waals surface area contributed by atoms with Gasteiger partial charge in [0, 0.05) is 22.7 Å². The molecule has 0 bridgehead atoms. The first-order chi connectivity index (χ1) is 9.98. The van der Waals surface area contributed by atoms with Crippen LogP contribution in [0.3, 0.4) is 0 Å². The van der Waals surface area contributed by atoms with E-state index < -0.39 is 16.8 Å². The molecule has 1 aromatic rings. The Balaban J connectivity index is 1.90. The molecule has 0 aliphatic heterocycles. The van der Waals surface area contributed by atoms with Gasteiger partial charge in [0.15, 0.2) is 0 Å². The van der Waals surface area contributed by atoms with Crippen LogP contribution in [0.5, 0.6) is 0 Å². The minimum Gasteiger partial charge on any atom is -0.481 e. The van der Waals surface area contributed by atoms with Crippen molar-refractivity contribution >= 4 is 16.8 Å². The quantitative estimate of drug-likeness (QED) is 0.761. The maximum absolute atomic E-state index is 12.2. The van der Waals surface area contributed by atoms with Crippen molar-refractivity contribution in [3.8, 4) is 0 Å². The van der Waals surface area contributed by atoms with Gasteiger partial charge in [-0.1, -0.05) is 13.8 Å². The Labute approximate surface area is 128 Å². The van der Waals surface area contributed by atoms with Crippen molar-refractivity contribution in [2.24, 2.45) is 5.41 Å². The smallest absolute Gasteiger partial charge is 0.303 e. The van der Waals surface area contributed by atoms with Crippen molar-refractivity contribution in [3.63, 3.8) is 0 Å². The Kier molecular flexibility index (Phi) is 5.19. The summed E-state index contributed by atoms with van der Waals surface area (Å²) in [5, 5.41) is 13.4. The molecular formula is C15H24N2O3S. The molecule has 1 unspecified atom stereocenters. The van der Waals surface area contributed by atoms with E-state index in [0.717, 1.165) is 31.4 Å². The van der Waals surface area contributed by atoms with E-state index >= 15 is 0 Å². The second-order valence-electron chi connectivity index (χ2n) is 6.06. The summed E-state index contributed by atoms with van der Waals surface area (Å²) >= 11 is 0. The first kappa shape index (κ1) is 16.2. The number of carboxylic acid groups (broad SMARTS) is 1. The predicted octanol–water partition coefficient (Wildman–Crippen LogP) is 2.75. The number of hydrogen-bond donors (Lipinski definition) is 1. The zero-order chi connectivity index (χ0) is 15.5. The van der Waals surface area contributed by atoms with Crippen molar-refractivity contribution in [1.82, 2.24) is 9.78 Å². The molecule has 1 aliphatic carbocycles. The fourth-order valence-corrected chi connectivity index (χ4v) is 4.41. The van der Waals surface area contributed by atoms with Crippen LogP contribution in [0, 0.1) is 5.41 Å². The molecule has 2 rings (SSSR count). The Morgan fingerprint density at radius 2 is 2.14 bits per heavy atom. The third kappa shape index (κ3) is 4.40. The number of carbonyl (C=O) groups is 1. The number of aliphatic carboxylic acids is 1. The first-order valence-corrected chi connectivity index (χ1v) is 9.07. The summed E-state index contributed by atoms with van der Waals surface area (Å²) in [5.41, 5.74) is 0.626. The molecule has 1 aliphatic rings. The second kappa shape index (κ2) is 6.73. The lowest BCUT2D eigenvalue weighted by Crippen LogP contribution is -2.17. The highest BCUT2D eigenvalue weighted by Gasteiger charge is 2.45. The molecule has 1 aromatic heterocycles. The molecule has 0 radical (unpaired) electrons. The summed E-state index contributed by atoms with van der Waals surface area (Å²) in [6.07, 6.45) is 5.92. The molecule has 21 heavy (non-hydrogen) atoms. The van der Waals surface area contributed by atoms with Gasteiger partial charge in [-0.25, -0.2) is 0 Å². The van der Waals surface area contributed by atoms with Crippen LogP contribution in [0.2, 0.25) is 0 Å². The van der Waals surface area contributed by atoms with Crippen molar-refractivity contribution in [3.05, 3.63) is 18.0 Å². The molecule has 6 heteroatoms. The van der Waals surface area contributed by atoms with E-state index in [1.807, 2.05) is 16.9 Å². The number of hydrogen-bond acceptors (Lipinski definition) is 3. The van der Waals surface area contributed by atoms with Gasteiger partial charge in [0.2, 0.25) is 0 Å². The van der Waals surface area contributed by atoms with E-state index in [0.29, 0.717) is 17.5 Å². The molecule has 1 fully saturated rings. The average Bonchev–Trinajstić information content (AvgIpc) is 2.98. The summed E-state index contributed by atoms with van der Waals surface area (Å²) in [7, 11) is -1.04. The van der Waals surface area contributed by atoms with Crippen molar-refractivity contribution in [1.29, 1.82) is 0 Å². The van der Waals surface area contributed by atoms with Crippen LogP contribution < -0.4 is 0 Å². The largest absolute Gasteiger partial charge is 0.481 e. The summed E-state index contributed by atoms with van der Waals surface area (Å²) in [6.45, 7) is 4.27. The van der Waals surface area contributed by atoms with Crippen LogP contribution in [0.4, 0.5) is 0 Å². The Bertz CT molecular complexity index is 519. The zero-order valence-corrected chi connectivity index (χ0v) is 13.6. The third-order valence-corrected chi connectivity index (χ3v) is 5.79. The predicted molar refractivity (Wildman–Crippen MR) is 82.5 cm³/mol. The van der Waals surface area contributed by atoms with Gasteiger partial charge in [-0.2, -0.15) is 5.10 Å². The first-order valence-electron chi connectivity index (χ1n) is 7.59. The summed E-state index contributed by atoms with van der Waals surface area (Å²) in [5.74, 6) is 0.119. The van der Waals surface area contributed by atoms with E-state index in [1.54, 1.807) is 0 Å². The van der Waals surface area contributed by atoms with Gasteiger partial charge in [-0.05, 0) is 37.2 Å². The highest BCUT2D eigenvalue weighted by Crippen LogP contribution is 2.49. The summed E-state index contributed by atoms with van der Waals surface area (Å²) < 4.78 is 14.2. The fourth-order valence-electron chi connectivity index (χ4n) is 2.75. The molecule has 118 valence electrons. The Morgan fingerprint density at radius 1 is 1.48 bits per heavy atom. The lowest BCUT2D eigenvalue weighted by molar-refractivity contribution is -0.138. The lowest BCUT2D eigenvalue weighted by atomic mass is 10.1. The molecule has 1 heterocycles. The standard InChI is InChI=1S/C15H24N2O3S/c1-3-13(4-2)17-8-5-12(16-17)10-21(20)11-15(6-7-15)9-14(18)19/h5,8,13H,3-4,6-7,9-11H2,1-2H3,(H,18,19). The van der Waals surface area contributed by atoms with E-state index in [-0.39, 0.29) is 11.8 Å². The normalized spacial score (nSPS) is 17.9. The minimum atomic E-state index is -1.04. The van der Waals surface area contributed by atoms with E-state index in [1.165, 1.54) is 0 Å². The molecule has 1 atom stereocenters. The van der Waals surface area contributed by atoms with Crippen LogP contribution in [-0.2, 0) is 21.3 Å². The van der Waals surface area contributed by atoms with Gasteiger partial charge < -0.3 is 5.11 Å². The molecule has 0 amide bonds. The summed E-state index contributed by atoms with van der Waals surface area (Å²) in [4.78, 5) is 10.8. The summed E-state index contributed by atoms with van der Waals surface area (Å²) in [6, 6.07) is 2.32. The third-order valence-electron chi connectivity index (χ3n) is 4.24. The number of rotatable bonds is 9. The molecule has 1 saturated carbocycles. The van der Waals surface area contributed by atoms with Crippen LogP contribution in [0.15, 0.2) is 12.3 Å². The van der Waals surface area contributed by atoms with E-state index in [2.05, 4.69) is 18.9 Å². The van der Waals surface area contributed by atoms with Gasteiger partial charge in [0.1, 0.15) is 0 Å². The highest BCUT2D eigenvalue weighted by molar-refractivity contribution is 7.84. The van der Waals surface area contributed by atoms with Gasteiger partial charge in [-0.3, -0.25) is 13.7 Å². The maximum atomic E-state index is 12.2. The van der Waals surface area contributed by atoms with Crippen LogP contribution in [0.1, 0.15) is 57.7 Å². The van der Waals surface area contributed by atoms with Crippen molar-refractivity contribution < 1.29 is 14.1 Å². The van der Waals surface area contributed by atoms with Crippen molar-refractivity contribution in [2.45, 2.75) is 57.7 Å². The van der Waals surface area contributed by atoms with E-state index in [4.69, 9.17) is 5.11 Å². The van der Waals surface area contributed by atoms with Crippen LogP contribution in [-0.4, -0.2) is 30.8 Å². The number of carboxylic acids is 1. The topological polar surface area (TPSA) is 72.2 Å². The zero-order valence-electron chi connectivity index (χ0n) is 12.7. The van der Waals surface area contributed by atoms with E-state index in [9.17, 15) is 9.00 Å². The highest BCUT2D eigenvalue weighted by atomic mass is 32.2. The maximum Gasteiger partial charge on any atom is 0.303 e. The molecule has 0 saturated heterocycles. The minimum absolute atomic E-state index is 0.140. The molecule has 0 spiro atoms. The van der Waals surface area contributed by atoms with Crippen molar-refractivity contribution in [2.75, 3.05) is 5.75 Å². The Morgan fingerprint density at radius 3 is 2.67 bits per heavy atom. The number of nitrogens with zero attached hydrogens (tertiary/aromatic N) is 2. The lowest BCUT2D eigenvalue weighted by Gasteiger charge is -2.13. The Hall–Kier alpha value is -1.17. The van der Waals surface area contributed by atoms with Gasteiger partial charge in [0.05, 0.1) is 23.9 Å².